The Morgan fingerprint density at radius 1 is 0.424 bits per heavy atom. The number of nitrogens with zero attached hydrogens (tertiary/aromatic N) is 12. The zero-order valence-electron chi connectivity index (χ0n) is 84.9. The highest BCUT2D eigenvalue weighted by Crippen LogP contribution is 2.47. The Balaban J connectivity index is 0.000000227. The molecular weight excluding hydrogens is 1920 g/mol. The maximum absolute atomic E-state index is 11.1. The van der Waals surface area contributed by atoms with E-state index in [2.05, 4.69) is 191 Å². The van der Waals surface area contributed by atoms with E-state index in [0.717, 1.165) is 67.5 Å². The molecule has 6 unspecified atom stereocenters. The molecule has 139 heavy (non-hydrogen) atoms. The summed E-state index contributed by atoms with van der Waals surface area (Å²) in [6, 6.07) is 0. The van der Waals surface area contributed by atoms with Gasteiger partial charge in [0.25, 0.3) is 0 Å². The van der Waals surface area contributed by atoms with E-state index in [9.17, 15) is 55.5 Å². The monoisotopic (exact) mass is 2080 g/mol. The molecule has 0 saturated carbocycles. The fraction of sp³-hybridized carbons (Fsp3) is 0.606. The number of amidine groups is 5. The van der Waals surface area contributed by atoms with E-state index in [1.165, 1.54) is 33.0 Å². The lowest BCUT2D eigenvalue weighted by Gasteiger charge is -2.32. The summed E-state index contributed by atoms with van der Waals surface area (Å²) in [5, 5.41) is 98.6. The maximum atomic E-state index is 11.1. The van der Waals surface area contributed by atoms with Gasteiger partial charge in [0.15, 0.2) is 52.9 Å². The summed E-state index contributed by atoms with van der Waals surface area (Å²) in [5.74, 6) is 4.04. The molecule has 12 rings (SSSR count). The molecule has 782 valence electrons. The molecule has 0 aromatic carbocycles. The van der Waals surface area contributed by atoms with E-state index in [1.807, 2.05) is 38.2 Å². The molecule has 6 fully saturated rings. The molecule has 1 aromatic rings. The fourth-order valence-electron chi connectivity index (χ4n) is 16.2. The number of aliphatic hydroxyl groups excluding tert-OH is 9. The van der Waals surface area contributed by atoms with E-state index in [0.29, 0.717) is 82.2 Å². The molecule has 1 aromatic heterocycles. The highest BCUT2D eigenvalue weighted by Gasteiger charge is 2.52. The first-order valence-corrected chi connectivity index (χ1v) is 64.4. The van der Waals surface area contributed by atoms with Crippen LogP contribution in [0.5, 0.6) is 0 Å². The minimum atomic E-state index is -1.23. The van der Waals surface area contributed by atoms with Gasteiger partial charge in [-0.2, -0.15) is 0 Å². The molecule has 24 atom stereocenters. The number of aryl methyl sites for hydroxylation is 2. The Morgan fingerprint density at radius 3 is 1.07 bits per heavy atom. The number of rotatable bonds is 28. The molecule has 0 bridgehead atoms. The number of aliphatic imine (C=N–C) groups is 5. The number of nitrogens with two attached hydrogens (primary N) is 3. The van der Waals surface area contributed by atoms with Gasteiger partial charge in [0, 0.05) is 77.1 Å². The molecule has 0 spiro atoms. The third-order valence-electron chi connectivity index (χ3n) is 24.0. The van der Waals surface area contributed by atoms with Crippen LogP contribution in [-0.4, -0.2) is 439 Å². The fourth-order valence-corrected chi connectivity index (χ4v) is 22.1. The lowest BCUT2D eigenvalue weighted by molar-refractivity contribution is -0.118. The quantitative estimate of drug-likeness (QED) is 0.0361. The van der Waals surface area contributed by atoms with Crippen molar-refractivity contribution in [3.63, 3.8) is 0 Å². The van der Waals surface area contributed by atoms with Crippen molar-refractivity contribution in [1.29, 1.82) is 0 Å². The maximum Gasteiger partial charge on any atom is 0.222 e. The number of aromatic nitrogens is 2. The van der Waals surface area contributed by atoms with Gasteiger partial charge in [-0.05, 0) is 193 Å². The first-order valence-electron chi connectivity index (χ1n) is 45.7. The lowest BCUT2D eigenvalue weighted by atomic mass is 10.00. The van der Waals surface area contributed by atoms with Gasteiger partial charge in [-0.1, -0.05) is 39.8 Å². The molecule has 11 aliphatic rings. The number of nitrogens with one attached hydrogen (secondary N) is 2. The normalized spacial score (nSPS) is 30.9. The smallest absolute Gasteiger partial charge is 0.222 e. The van der Waals surface area contributed by atoms with Crippen LogP contribution in [0.1, 0.15) is 76.7 Å². The van der Waals surface area contributed by atoms with Crippen LogP contribution >= 0.6 is 53.5 Å². The zero-order valence-corrected chi connectivity index (χ0v) is 91.1. The van der Waals surface area contributed by atoms with Crippen LogP contribution in [0.2, 0.25) is 0 Å². The van der Waals surface area contributed by atoms with Crippen LogP contribution in [0.4, 0.5) is 0 Å². The molecule has 38 nitrogen and oxygen atoms in total. The predicted octanol–water partition coefficient (Wildman–Crippen LogP) is 5.56. The minimum Gasteiger partial charge on any atom is -0.491 e. The van der Waals surface area contributed by atoms with Crippen LogP contribution < -0.4 is 27.8 Å². The van der Waals surface area contributed by atoms with E-state index in [-0.39, 0.29) is 60.0 Å². The van der Waals surface area contributed by atoms with E-state index >= 15 is 0 Å². The summed E-state index contributed by atoms with van der Waals surface area (Å²) < 4.78 is 59.4. The first-order chi connectivity index (χ1) is 64.3. The average molecular weight is 2080 g/mol. The number of hydrogen-bond acceptors (Lipinski definition) is 36. The summed E-state index contributed by atoms with van der Waals surface area (Å²) in [6.45, 7) is 44.7. The standard InChI is InChI=1S/C17H28N3O4P.C16H28N3O4P.C16H26N3O4P.C15H26N3O4P.C15H26N3O2P.C15H25N2O3PS/c1-11-18-14(19-12(2)21)7-9-20(11)17-16(23-3)15(22)13(24-17)8-10-25(4,5)6;1-10-18-15(17)12(21-2)9-19(10)16-14(22-3)13(20)11(23-16)7-8-24(4,5)6;1-10-17-13(18-11(2)20)6-8-19(10)16-15(22)14(21)12(23-16)7-9-24(3,4)5;1-9-17-14(16)11(21-2)8-18(9)15-13(20)12(19)10(22-15)6-7-23(3,4)5;1-10-14(19)12(7-9-21(3,4)5)20-15(10)18-8-6-13(16)17-11(18)2;1-9-10(8-17(2)15(22)16-9)14-13(19)12(18)11(20-14)6-7-21(3,4)5/h7,9,13,15-17,22H,1,4,8,10H2,2-3,5-6H3,(H,18,19,21);9,11,13-14,16,20H,1,4,7-8H2,2-3,5-6H3,(H2,17,18);6,8,12,14-16,21-22H,1,3,7,9H2,2,4-5H3,(H,17,18,20);8,10,12-13,15,19-20H,1,3,6-7H2,2,4-5H3,(H2,16,17);6,8,10,12,14-15,19H,2-3,7,9H2,1,4-5H3,(H2,16,17);8,11-14,18-19H,3,6-7H2,1-2,4-5H3/t13?,15-,16-,17-;11?,13-,14-,16-;12?,14-,15-,16-;10?,12-,13-,15-;10-,12?,14+,15-;11?,12-,13-,14+/m111111/s1. The van der Waals surface area contributed by atoms with Crippen molar-refractivity contribution in [3.05, 3.63) is 145 Å². The Labute approximate surface area is 827 Å². The Hall–Kier alpha value is -6.89. The van der Waals surface area contributed by atoms with Crippen LogP contribution in [0.3, 0.4) is 0 Å². The summed E-state index contributed by atoms with van der Waals surface area (Å²) in [4.78, 5) is 55.7. The van der Waals surface area contributed by atoms with E-state index in [4.69, 9.17) is 76.8 Å². The molecule has 0 radical (unpaired) electrons. The number of methoxy groups -OCH3 is 4. The summed E-state index contributed by atoms with van der Waals surface area (Å²) in [5.41, 5.74) is 18.7. The summed E-state index contributed by atoms with van der Waals surface area (Å²) >= 11 is 5.13. The molecule has 45 heteroatoms. The first kappa shape index (κ1) is 119. The van der Waals surface area contributed by atoms with Crippen LogP contribution in [-0.2, 0) is 64.0 Å². The zero-order chi connectivity index (χ0) is 105. The highest BCUT2D eigenvalue weighted by molar-refractivity contribution is 7.74. The molecular formula is C94H159N17O21P6S. The SMILES string of the molecule is C=C1N=C(N)C(OC)=CN1[C@@H]1OC(CCP(=C)(C)C)[C@@H](O)[C@H]1O.C=C1N=C(N)C(OC)=CN1[C@@H]1OC(CCP(=C)(C)C)[C@@H](O)[C@H]1OC.C=C1N=C(N)C=CN1[C@@H]1OC(CCP(=C)(C)C)[C@@H](O)[C@H]1C.C=C1N=C(NC(C)=O)C=CN1[C@@H]1OC(CCP(=C)(C)C)[C@@H](O)[C@H]1O.C=C1N=C(NC(C)=O)C=CN1[C@@H]1OC(CCP(=C)(C)C)[C@@H](O)[C@H]1OC.C=P(C)(C)CCC1O[C@@H](c2cn(C)c(=S)nc2C)[C@H](O)[C@@H]1O. The third kappa shape index (κ3) is 34.4. The number of ether oxygens (including phenoxy) is 10. The van der Waals surface area contributed by atoms with Gasteiger partial charge in [-0.3, -0.25) is 9.59 Å². The molecule has 17 N–H and O–H groups in total. The molecule has 11 aliphatic heterocycles. The second-order valence-corrected chi connectivity index (χ2v) is 66.6. The number of carbonyl (C=O) groups excluding carboxylic acids is 2. The number of amides is 2. The highest BCUT2D eigenvalue weighted by atomic mass is 32.1. The molecule has 0 aliphatic carbocycles. The van der Waals surface area contributed by atoms with E-state index < -0.39 is 152 Å². The van der Waals surface area contributed by atoms with Gasteiger partial charge in [0.1, 0.15) is 120 Å². The second kappa shape index (κ2) is 50.8. The van der Waals surface area contributed by atoms with E-state index in [1.54, 1.807) is 76.5 Å². The van der Waals surface area contributed by atoms with Crippen LogP contribution in [0, 0.1) is 17.6 Å². The van der Waals surface area contributed by atoms with Gasteiger partial charge in [0.2, 0.25) is 11.8 Å². The van der Waals surface area contributed by atoms with Gasteiger partial charge in [-0.15, -0.1) is 79.1 Å². The van der Waals surface area contributed by atoms with Gasteiger partial charge in [-0.25, -0.2) is 29.9 Å². The predicted molar refractivity (Wildman–Crippen MR) is 577 cm³/mol. The lowest BCUT2D eigenvalue weighted by Crippen LogP contribution is -2.43. The minimum absolute atomic E-state index is 0.0165. The molecule has 2 amide bonds. The summed E-state index contributed by atoms with van der Waals surface area (Å²) in [6.07, 6.45) is 35.7. The molecule has 12 heterocycles. The largest absolute Gasteiger partial charge is 0.491 e. The third-order valence-corrected chi connectivity index (χ3v) is 33.2. The second-order valence-electron chi connectivity index (χ2n) is 40.3. The van der Waals surface area contributed by atoms with Crippen molar-refractivity contribution in [2.45, 2.75) is 207 Å². The Morgan fingerprint density at radius 2 is 0.719 bits per heavy atom. The van der Waals surface area contributed by atoms with Crippen molar-refractivity contribution in [2.75, 3.05) is 145 Å². The van der Waals surface area contributed by atoms with Crippen molar-refractivity contribution in [1.82, 2.24) is 44.7 Å². The Bertz CT molecular complexity index is 5260. The van der Waals surface area contributed by atoms with Crippen LogP contribution in [0.25, 0.3) is 0 Å². The Kier molecular flexibility index (Phi) is 43.5. The summed E-state index contributed by atoms with van der Waals surface area (Å²) in [7, 11) is 7.90. The van der Waals surface area contributed by atoms with Gasteiger partial charge < -0.3 is 150 Å². The van der Waals surface area contributed by atoms with Crippen molar-refractivity contribution < 1.29 is 103 Å². The number of hydrogen-bond donors (Lipinski definition) is 14. The average Bonchev–Trinajstić information content (AvgIpc) is 1.64. The van der Waals surface area contributed by atoms with Gasteiger partial charge >= 0.3 is 0 Å². The number of aliphatic hydroxyl groups is 9. The van der Waals surface area contributed by atoms with Gasteiger partial charge in [0.05, 0.1) is 69.3 Å². The number of carbonyl (C=O) groups is 2. The van der Waals surface area contributed by atoms with Crippen molar-refractivity contribution >= 4 is 132 Å². The van der Waals surface area contributed by atoms with Crippen molar-refractivity contribution in [3.8, 4) is 0 Å². The topological polar surface area (TPSA) is 506 Å². The van der Waals surface area contributed by atoms with Crippen molar-refractivity contribution in [2.24, 2.45) is 55.1 Å². The van der Waals surface area contributed by atoms with Crippen LogP contribution in [0.15, 0.2) is 154 Å². The molecule has 6 saturated heterocycles.